The second-order valence-corrected chi connectivity index (χ2v) is 4.90. The Bertz CT molecular complexity index is 350. The minimum Gasteiger partial charge on any atom is -0.383 e. The molecule has 1 aromatic carbocycles. The molecule has 0 amide bonds. The molecule has 0 radical (unpaired) electrons. The topological polar surface area (TPSA) is 24.5 Å². The Labute approximate surface area is 105 Å². The second kappa shape index (κ2) is 6.62. The molecule has 0 saturated carbocycles. The fourth-order valence-electron chi connectivity index (χ4n) is 1.89. The monoisotopic (exact) mass is 236 g/mol. The standard InChI is InChI=1S/C14H24N2O/c1-11-6-7-14(15-12(2)10-17-5)13(8-11)9-16(3)4/h6-8,12,15H,9-10H2,1-5H3/t12-/m0/s1. The summed E-state index contributed by atoms with van der Waals surface area (Å²) < 4.78 is 5.15. The van der Waals surface area contributed by atoms with Crippen molar-refractivity contribution in [2.45, 2.75) is 26.4 Å². The highest BCUT2D eigenvalue weighted by Crippen LogP contribution is 2.19. The number of nitrogens with one attached hydrogen (secondary N) is 1. The zero-order chi connectivity index (χ0) is 12.8. The van der Waals surface area contributed by atoms with E-state index in [0.717, 1.165) is 13.2 Å². The van der Waals surface area contributed by atoms with Crippen LogP contribution in [0.15, 0.2) is 18.2 Å². The average Bonchev–Trinajstić information content (AvgIpc) is 2.21. The van der Waals surface area contributed by atoms with Gasteiger partial charge in [0.1, 0.15) is 0 Å². The van der Waals surface area contributed by atoms with Gasteiger partial charge in [0.15, 0.2) is 0 Å². The lowest BCUT2D eigenvalue weighted by Gasteiger charge is -2.20. The summed E-state index contributed by atoms with van der Waals surface area (Å²) in [7, 11) is 5.91. The largest absolute Gasteiger partial charge is 0.383 e. The Morgan fingerprint density at radius 3 is 2.65 bits per heavy atom. The Hall–Kier alpha value is -1.06. The molecule has 0 spiro atoms. The Morgan fingerprint density at radius 2 is 2.06 bits per heavy atom. The van der Waals surface area contributed by atoms with Gasteiger partial charge in [0.2, 0.25) is 0 Å². The summed E-state index contributed by atoms with van der Waals surface area (Å²) in [5.74, 6) is 0. The van der Waals surface area contributed by atoms with Gasteiger partial charge < -0.3 is 15.0 Å². The highest BCUT2D eigenvalue weighted by molar-refractivity contribution is 5.53. The van der Waals surface area contributed by atoms with Crippen molar-refractivity contribution >= 4 is 5.69 Å². The summed E-state index contributed by atoms with van der Waals surface area (Å²) in [6.07, 6.45) is 0. The summed E-state index contributed by atoms with van der Waals surface area (Å²) >= 11 is 0. The molecule has 0 aromatic heterocycles. The van der Waals surface area contributed by atoms with Crippen LogP contribution in [-0.4, -0.2) is 38.8 Å². The number of anilines is 1. The Balaban J connectivity index is 2.82. The fraction of sp³-hybridized carbons (Fsp3) is 0.571. The minimum atomic E-state index is 0.323. The molecule has 3 heteroatoms. The van der Waals surface area contributed by atoms with E-state index in [2.05, 4.69) is 56.4 Å². The van der Waals surface area contributed by atoms with Crippen LogP contribution in [0.4, 0.5) is 5.69 Å². The summed E-state index contributed by atoms with van der Waals surface area (Å²) in [6, 6.07) is 6.85. The molecule has 0 aliphatic rings. The minimum absolute atomic E-state index is 0.323. The maximum Gasteiger partial charge on any atom is 0.0661 e. The fourth-order valence-corrected chi connectivity index (χ4v) is 1.89. The van der Waals surface area contributed by atoms with Gasteiger partial charge in [-0.3, -0.25) is 0 Å². The summed E-state index contributed by atoms with van der Waals surface area (Å²) in [6.45, 7) is 5.92. The lowest BCUT2D eigenvalue weighted by atomic mass is 10.1. The van der Waals surface area contributed by atoms with E-state index in [0.29, 0.717) is 6.04 Å². The first-order valence-corrected chi connectivity index (χ1v) is 6.02. The van der Waals surface area contributed by atoms with Crippen molar-refractivity contribution < 1.29 is 4.74 Å². The maximum absolute atomic E-state index is 5.15. The zero-order valence-corrected chi connectivity index (χ0v) is 11.6. The van der Waals surface area contributed by atoms with Gasteiger partial charge in [-0.2, -0.15) is 0 Å². The van der Waals surface area contributed by atoms with Crippen molar-refractivity contribution in [2.24, 2.45) is 0 Å². The first-order chi connectivity index (χ1) is 8.02. The van der Waals surface area contributed by atoms with Crippen LogP contribution in [0.3, 0.4) is 0 Å². The molecule has 0 bridgehead atoms. The molecular weight excluding hydrogens is 212 g/mol. The maximum atomic E-state index is 5.15. The van der Waals surface area contributed by atoms with Gasteiger partial charge in [-0.1, -0.05) is 17.7 Å². The number of hydrogen-bond donors (Lipinski definition) is 1. The number of benzene rings is 1. The molecule has 1 rings (SSSR count). The van der Waals surface area contributed by atoms with Crippen LogP contribution in [0.5, 0.6) is 0 Å². The highest BCUT2D eigenvalue weighted by atomic mass is 16.5. The third-order valence-corrected chi connectivity index (χ3v) is 2.57. The predicted molar refractivity (Wildman–Crippen MR) is 73.5 cm³/mol. The van der Waals surface area contributed by atoms with E-state index in [1.807, 2.05) is 0 Å². The summed E-state index contributed by atoms with van der Waals surface area (Å²) in [5.41, 5.74) is 3.83. The molecular formula is C14H24N2O. The van der Waals surface area contributed by atoms with E-state index in [-0.39, 0.29) is 0 Å². The smallest absolute Gasteiger partial charge is 0.0661 e. The molecule has 0 fully saturated rings. The molecule has 1 N–H and O–H groups in total. The van der Waals surface area contributed by atoms with Crippen LogP contribution < -0.4 is 5.32 Å². The van der Waals surface area contributed by atoms with Crippen molar-refractivity contribution in [3.05, 3.63) is 29.3 Å². The van der Waals surface area contributed by atoms with Crippen LogP contribution in [-0.2, 0) is 11.3 Å². The molecule has 1 aromatic rings. The average molecular weight is 236 g/mol. The molecule has 96 valence electrons. The lowest BCUT2D eigenvalue weighted by molar-refractivity contribution is 0.190. The van der Waals surface area contributed by atoms with E-state index in [1.165, 1.54) is 16.8 Å². The molecule has 17 heavy (non-hydrogen) atoms. The van der Waals surface area contributed by atoms with Gasteiger partial charge in [0.05, 0.1) is 6.61 Å². The van der Waals surface area contributed by atoms with Crippen molar-refractivity contribution in [1.29, 1.82) is 0 Å². The first-order valence-electron chi connectivity index (χ1n) is 6.02. The molecule has 1 atom stereocenters. The number of ether oxygens (including phenoxy) is 1. The predicted octanol–water partition coefficient (Wildman–Crippen LogP) is 2.50. The number of aryl methyl sites for hydroxylation is 1. The van der Waals surface area contributed by atoms with Gasteiger partial charge in [-0.05, 0) is 39.6 Å². The Kier molecular flexibility index (Phi) is 5.45. The molecule has 3 nitrogen and oxygen atoms in total. The van der Waals surface area contributed by atoms with Gasteiger partial charge in [-0.25, -0.2) is 0 Å². The normalized spacial score (nSPS) is 12.8. The molecule has 0 heterocycles. The third kappa shape index (κ3) is 4.75. The van der Waals surface area contributed by atoms with Crippen molar-refractivity contribution in [2.75, 3.05) is 33.1 Å². The van der Waals surface area contributed by atoms with Crippen LogP contribution in [0.2, 0.25) is 0 Å². The number of rotatable bonds is 6. The molecule has 0 saturated heterocycles. The number of nitrogens with zero attached hydrogens (tertiary/aromatic N) is 1. The van der Waals surface area contributed by atoms with Crippen molar-refractivity contribution in [3.63, 3.8) is 0 Å². The first kappa shape index (κ1) is 14.0. The van der Waals surface area contributed by atoms with Crippen molar-refractivity contribution in [1.82, 2.24) is 4.90 Å². The third-order valence-electron chi connectivity index (χ3n) is 2.57. The van der Waals surface area contributed by atoms with Crippen LogP contribution in [0.1, 0.15) is 18.1 Å². The van der Waals surface area contributed by atoms with Gasteiger partial charge in [-0.15, -0.1) is 0 Å². The highest BCUT2D eigenvalue weighted by Gasteiger charge is 2.07. The van der Waals surface area contributed by atoms with Gasteiger partial charge in [0.25, 0.3) is 0 Å². The number of hydrogen-bond acceptors (Lipinski definition) is 3. The summed E-state index contributed by atoms with van der Waals surface area (Å²) in [5, 5.41) is 3.49. The Morgan fingerprint density at radius 1 is 1.35 bits per heavy atom. The zero-order valence-electron chi connectivity index (χ0n) is 11.6. The number of methoxy groups -OCH3 is 1. The van der Waals surface area contributed by atoms with E-state index in [9.17, 15) is 0 Å². The van der Waals surface area contributed by atoms with E-state index in [4.69, 9.17) is 4.74 Å². The lowest BCUT2D eigenvalue weighted by Crippen LogP contribution is -2.22. The van der Waals surface area contributed by atoms with E-state index < -0.39 is 0 Å². The summed E-state index contributed by atoms with van der Waals surface area (Å²) in [4.78, 5) is 2.18. The van der Waals surface area contributed by atoms with Crippen LogP contribution in [0.25, 0.3) is 0 Å². The van der Waals surface area contributed by atoms with Crippen LogP contribution in [0, 0.1) is 6.92 Å². The molecule has 0 unspecified atom stereocenters. The second-order valence-electron chi connectivity index (χ2n) is 4.90. The quantitative estimate of drug-likeness (QED) is 0.821. The molecule has 0 aliphatic carbocycles. The van der Waals surface area contributed by atoms with E-state index >= 15 is 0 Å². The van der Waals surface area contributed by atoms with Gasteiger partial charge in [0, 0.05) is 25.4 Å². The van der Waals surface area contributed by atoms with Crippen molar-refractivity contribution in [3.8, 4) is 0 Å². The van der Waals surface area contributed by atoms with Gasteiger partial charge >= 0.3 is 0 Å². The van der Waals surface area contributed by atoms with E-state index in [1.54, 1.807) is 7.11 Å². The molecule has 0 aliphatic heterocycles. The SMILES string of the molecule is COC[C@H](C)Nc1ccc(C)cc1CN(C)C. The van der Waals surface area contributed by atoms with Crippen LogP contribution >= 0.6 is 0 Å².